The Balaban J connectivity index is 1.67. The SMILES string of the molecule is O=C(Cn1nc(-c2ccccc2)oc1=O)N[C@@H]1CCCCNC1=O. The lowest BCUT2D eigenvalue weighted by molar-refractivity contribution is -0.129. The number of nitrogens with zero attached hydrogens (tertiary/aromatic N) is 2. The van der Waals surface area contributed by atoms with Crippen LogP contribution < -0.4 is 16.4 Å². The molecule has 2 aromatic rings. The highest BCUT2D eigenvalue weighted by atomic mass is 16.4. The second kappa shape index (κ2) is 7.12. The molecule has 0 bridgehead atoms. The molecule has 8 heteroatoms. The Morgan fingerprint density at radius 2 is 2.08 bits per heavy atom. The molecule has 0 radical (unpaired) electrons. The predicted octanol–water partition coefficient (Wildman–Crippen LogP) is 0.288. The number of aromatic nitrogens is 2. The number of hydrogen-bond acceptors (Lipinski definition) is 5. The third kappa shape index (κ3) is 3.70. The lowest BCUT2D eigenvalue weighted by atomic mass is 10.1. The summed E-state index contributed by atoms with van der Waals surface area (Å²) in [5.41, 5.74) is 0.650. The fraction of sp³-hybridized carbons (Fsp3) is 0.375. The molecule has 1 atom stereocenters. The van der Waals surface area contributed by atoms with E-state index >= 15 is 0 Å². The second-order valence-electron chi connectivity index (χ2n) is 5.60. The van der Waals surface area contributed by atoms with E-state index in [0.29, 0.717) is 18.5 Å². The molecule has 1 aliphatic rings. The van der Waals surface area contributed by atoms with Gasteiger partial charge in [-0.25, -0.2) is 4.79 Å². The van der Waals surface area contributed by atoms with Gasteiger partial charge in [-0.3, -0.25) is 9.59 Å². The molecule has 0 saturated carbocycles. The van der Waals surface area contributed by atoms with Gasteiger partial charge in [-0.2, -0.15) is 4.68 Å². The van der Waals surface area contributed by atoms with E-state index < -0.39 is 17.7 Å². The first kappa shape index (κ1) is 16.0. The summed E-state index contributed by atoms with van der Waals surface area (Å²) in [5, 5.41) is 9.41. The van der Waals surface area contributed by atoms with Crippen LogP contribution in [0.1, 0.15) is 19.3 Å². The number of rotatable bonds is 4. The number of amides is 2. The van der Waals surface area contributed by atoms with Gasteiger partial charge in [0.25, 0.3) is 0 Å². The molecule has 1 aromatic carbocycles. The third-order valence-corrected chi connectivity index (χ3v) is 3.79. The first-order valence-electron chi connectivity index (χ1n) is 7.84. The summed E-state index contributed by atoms with van der Waals surface area (Å²) in [6, 6.07) is 8.37. The molecular weight excluding hydrogens is 312 g/mol. The molecule has 1 aliphatic heterocycles. The lowest BCUT2D eigenvalue weighted by Gasteiger charge is -2.14. The number of carbonyl (C=O) groups excluding carboxylic acids is 2. The van der Waals surface area contributed by atoms with Crippen molar-refractivity contribution in [1.29, 1.82) is 0 Å². The van der Waals surface area contributed by atoms with Gasteiger partial charge in [0, 0.05) is 12.1 Å². The summed E-state index contributed by atoms with van der Waals surface area (Å²) in [6.45, 7) is 0.327. The van der Waals surface area contributed by atoms with E-state index in [1.807, 2.05) is 6.07 Å². The van der Waals surface area contributed by atoms with E-state index in [0.717, 1.165) is 17.5 Å². The van der Waals surface area contributed by atoms with Crippen LogP contribution in [0.25, 0.3) is 11.5 Å². The number of benzene rings is 1. The predicted molar refractivity (Wildman–Crippen MR) is 85.0 cm³/mol. The van der Waals surface area contributed by atoms with Crippen molar-refractivity contribution in [3.63, 3.8) is 0 Å². The van der Waals surface area contributed by atoms with Crippen LogP contribution in [0, 0.1) is 0 Å². The van der Waals surface area contributed by atoms with E-state index in [1.54, 1.807) is 24.3 Å². The molecule has 126 valence electrons. The average molecular weight is 330 g/mol. The maximum atomic E-state index is 12.1. The van der Waals surface area contributed by atoms with Crippen molar-refractivity contribution in [3.05, 3.63) is 40.9 Å². The molecule has 1 fully saturated rings. The second-order valence-corrected chi connectivity index (χ2v) is 5.60. The first-order valence-corrected chi connectivity index (χ1v) is 7.84. The Labute approximate surface area is 137 Å². The zero-order valence-corrected chi connectivity index (χ0v) is 13.0. The monoisotopic (exact) mass is 330 g/mol. The molecule has 8 nitrogen and oxygen atoms in total. The zero-order valence-electron chi connectivity index (χ0n) is 13.0. The molecular formula is C16H18N4O4. The minimum atomic E-state index is -0.714. The van der Waals surface area contributed by atoms with Crippen LogP contribution in [-0.2, 0) is 16.1 Å². The third-order valence-electron chi connectivity index (χ3n) is 3.79. The van der Waals surface area contributed by atoms with E-state index in [2.05, 4.69) is 15.7 Å². The molecule has 2 N–H and O–H groups in total. The van der Waals surface area contributed by atoms with E-state index in [4.69, 9.17) is 4.42 Å². The van der Waals surface area contributed by atoms with Gasteiger partial charge in [-0.15, -0.1) is 5.10 Å². The number of hydrogen-bond donors (Lipinski definition) is 2. The van der Waals surface area contributed by atoms with Crippen molar-refractivity contribution in [2.75, 3.05) is 6.54 Å². The highest BCUT2D eigenvalue weighted by Gasteiger charge is 2.23. The molecule has 0 aliphatic carbocycles. The number of nitrogens with one attached hydrogen (secondary N) is 2. The average Bonchev–Trinajstić information content (AvgIpc) is 2.82. The van der Waals surface area contributed by atoms with Crippen molar-refractivity contribution in [1.82, 2.24) is 20.4 Å². The normalized spacial score (nSPS) is 17.8. The highest BCUT2D eigenvalue weighted by Crippen LogP contribution is 2.13. The Hall–Kier alpha value is -2.90. The van der Waals surface area contributed by atoms with Crippen LogP contribution in [0.15, 0.2) is 39.5 Å². The molecule has 2 amide bonds. The van der Waals surface area contributed by atoms with Gasteiger partial charge >= 0.3 is 5.76 Å². The van der Waals surface area contributed by atoms with Crippen LogP contribution in [0.2, 0.25) is 0 Å². The molecule has 1 saturated heterocycles. The fourth-order valence-corrected chi connectivity index (χ4v) is 2.56. The smallest absolute Gasteiger partial charge is 0.388 e. The summed E-state index contributed by atoms with van der Waals surface area (Å²) in [7, 11) is 0. The molecule has 3 rings (SSSR count). The van der Waals surface area contributed by atoms with Crippen molar-refractivity contribution < 1.29 is 14.0 Å². The molecule has 0 spiro atoms. The van der Waals surface area contributed by atoms with Gasteiger partial charge < -0.3 is 15.1 Å². The largest absolute Gasteiger partial charge is 0.437 e. The van der Waals surface area contributed by atoms with Crippen LogP contribution in [0.5, 0.6) is 0 Å². The maximum absolute atomic E-state index is 12.1. The summed E-state index contributed by atoms with van der Waals surface area (Å²) in [6.07, 6.45) is 2.33. The minimum absolute atomic E-state index is 0.153. The van der Waals surface area contributed by atoms with Crippen LogP contribution >= 0.6 is 0 Å². The Morgan fingerprint density at radius 1 is 1.29 bits per heavy atom. The van der Waals surface area contributed by atoms with Gasteiger partial charge in [-0.1, -0.05) is 18.2 Å². The zero-order chi connectivity index (χ0) is 16.9. The molecule has 2 heterocycles. The molecule has 0 unspecified atom stereocenters. The Morgan fingerprint density at radius 3 is 2.88 bits per heavy atom. The van der Waals surface area contributed by atoms with Gasteiger partial charge in [-0.05, 0) is 31.4 Å². The van der Waals surface area contributed by atoms with E-state index in [9.17, 15) is 14.4 Å². The van der Waals surface area contributed by atoms with E-state index in [1.165, 1.54) is 0 Å². The van der Waals surface area contributed by atoms with Gasteiger partial charge in [0.15, 0.2) is 0 Å². The van der Waals surface area contributed by atoms with Crippen molar-refractivity contribution in [2.45, 2.75) is 31.8 Å². The van der Waals surface area contributed by atoms with Crippen molar-refractivity contribution in [3.8, 4) is 11.5 Å². The summed E-state index contributed by atoms with van der Waals surface area (Å²) < 4.78 is 6.02. The Kier molecular flexibility index (Phi) is 4.74. The first-order chi connectivity index (χ1) is 11.6. The van der Waals surface area contributed by atoms with Crippen molar-refractivity contribution in [2.24, 2.45) is 0 Å². The van der Waals surface area contributed by atoms with Crippen LogP contribution in [0.4, 0.5) is 0 Å². The summed E-state index contributed by atoms with van der Waals surface area (Å²) >= 11 is 0. The van der Waals surface area contributed by atoms with E-state index in [-0.39, 0.29) is 18.3 Å². The standard InChI is InChI=1S/C16H18N4O4/c21-13(18-12-8-4-5-9-17-14(12)22)10-20-16(23)24-15(19-20)11-6-2-1-3-7-11/h1-3,6-7,12H,4-5,8-10H2,(H,17,22)(H,18,21)/t12-/m1/s1. The quantitative estimate of drug-likeness (QED) is 0.838. The summed E-state index contributed by atoms with van der Waals surface area (Å²) in [5.74, 6) is -1.21. The number of carbonyl (C=O) groups is 2. The molecule has 24 heavy (non-hydrogen) atoms. The van der Waals surface area contributed by atoms with Gasteiger partial charge in [0.2, 0.25) is 17.7 Å². The topological polar surface area (TPSA) is 106 Å². The van der Waals surface area contributed by atoms with Crippen LogP contribution in [-0.4, -0.2) is 34.2 Å². The van der Waals surface area contributed by atoms with Gasteiger partial charge in [0.05, 0.1) is 0 Å². The van der Waals surface area contributed by atoms with Crippen molar-refractivity contribution >= 4 is 11.8 Å². The molecule has 1 aromatic heterocycles. The fourth-order valence-electron chi connectivity index (χ4n) is 2.56. The highest BCUT2D eigenvalue weighted by molar-refractivity contribution is 5.87. The maximum Gasteiger partial charge on any atom is 0.437 e. The summed E-state index contributed by atoms with van der Waals surface area (Å²) in [4.78, 5) is 35.8. The van der Waals surface area contributed by atoms with Crippen LogP contribution in [0.3, 0.4) is 0 Å². The Bertz CT molecular complexity index is 781. The lowest BCUT2D eigenvalue weighted by Crippen LogP contribution is -2.47. The minimum Gasteiger partial charge on any atom is -0.388 e. The van der Waals surface area contributed by atoms with Gasteiger partial charge in [0.1, 0.15) is 12.6 Å².